The lowest BCUT2D eigenvalue weighted by molar-refractivity contribution is -0.118. The smallest absolute Gasteiger partial charge is 0.174 e. The van der Waals surface area contributed by atoms with E-state index in [2.05, 4.69) is 18.3 Å². The molecule has 1 aliphatic heterocycles. The van der Waals surface area contributed by atoms with Crippen LogP contribution in [0.25, 0.3) is 0 Å². The number of nitrogens with one attached hydrogen (secondary N) is 1. The van der Waals surface area contributed by atoms with Crippen LogP contribution in [-0.2, 0) is 4.79 Å². The Hall–Kier alpha value is -2.68. The van der Waals surface area contributed by atoms with Gasteiger partial charge in [-0.3, -0.25) is 9.59 Å². The Morgan fingerprint density at radius 3 is 2.64 bits per heavy atom. The van der Waals surface area contributed by atoms with Gasteiger partial charge in [0.05, 0.1) is 12.0 Å². The van der Waals surface area contributed by atoms with Crippen molar-refractivity contribution in [3.05, 3.63) is 77.4 Å². The van der Waals surface area contributed by atoms with E-state index in [-0.39, 0.29) is 35.4 Å². The predicted octanol–water partition coefficient (Wildman–Crippen LogP) is 4.11. The minimum absolute atomic E-state index is 0.121. The summed E-state index contributed by atoms with van der Waals surface area (Å²) in [5, 5.41) is 3.42. The number of hydrogen-bond donors (Lipinski definition) is 1. The first-order chi connectivity index (χ1) is 12.1. The van der Waals surface area contributed by atoms with Crippen molar-refractivity contribution < 1.29 is 9.59 Å². The number of allylic oxidation sites excluding steroid dienone is 6. The fraction of sp³-hybridized carbons (Fsp3) is 0.273. The van der Waals surface area contributed by atoms with Crippen molar-refractivity contribution in [2.45, 2.75) is 19.9 Å². The largest absolute Gasteiger partial charge is 0.377 e. The number of anilines is 1. The van der Waals surface area contributed by atoms with Gasteiger partial charge >= 0.3 is 0 Å². The summed E-state index contributed by atoms with van der Waals surface area (Å²) in [6.07, 6.45) is 11.9. The van der Waals surface area contributed by atoms with E-state index < -0.39 is 0 Å². The molecule has 25 heavy (non-hydrogen) atoms. The van der Waals surface area contributed by atoms with Gasteiger partial charge in [0.2, 0.25) is 0 Å². The fourth-order valence-electron chi connectivity index (χ4n) is 3.93. The monoisotopic (exact) mass is 331 g/mol. The van der Waals surface area contributed by atoms with E-state index in [1.165, 1.54) is 0 Å². The lowest BCUT2D eigenvalue weighted by Crippen LogP contribution is -2.40. The minimum Gasteiger partial charge on any atom is -0.377 e. The van der Waals surface area contributed by atoms with Gasteiger partial charge in [0.25, 0.3) is 0 Å². The molecule has 1 N–H and O–H groups in total. The molecule has 2 aliphatic carbocycles. The fourth-order valence-corrected chi connectivity index (χ4v) is 3.93. The molecule has 4 unspecified atom stereocenters. The van der Waals surface area contributed by atoms with Crippen LogP contribution in [0.5, 0.6) is 0 Å². The number of rotatable bonds is 2. The zero-order chi connectivity index (χ0) is 17.6. The molecule has 126 valence electrons. The Bertz CT molecular complexity index is 872. The number of ketones is 2. The van der Waals surface area contributed by atoms with Crippen molar-refractivity contribution in [1.82, 2.24) is 0 Å². The van der Waals surface area contributed by atoms with Crippen LogP contribution in [0, 0.1) is 17.8 Å². The van der Waals surface area contributed by atoms with Crippen molar-refractivity contribution in [1.29, 1.82) is 0 Å². The molecule has 1 aromatic rings. The van der Waals surface area contributed by atoms with Gasteiger partial charge in [0, 0.05) is 22.7 Å². The Morgan fingerprint density at radius 1 is 1.08 bits per heavy atom. The highest BCUT2D eigenvalue weighted by molar-refractivity contribution is 6.08. The molecule has 0 saturated carbocycles. The van der Waals surface area contributed by atoms with Crippen molar-refractivity contribution in [3.8, 4) is 0 Å². The molecule has 4 rings (SSSR count). The molecule has 3 heteroatoms. The van der Waals surface area contributed by atoms with Crippen molar-refractivity contribution in [2.24, 2.45) is 17.8 Å². The molecule has 1 aromatic carbocycles. The van der Waals surface area contributed by atoms with E-state index in [4.69, 9.17) is 0 Å². The zero-order valence-electron chi connectivity index (χ0n) is 14.4. The van der Waals surface area contributed by atoms with E-state index >= 15 is 0 Å². The van der Waals surface area contributed by atoms with Crippen LogP contribution in [0.2, 0.25) is 0 Å². The number of fused-ring (bicyclic) bond motifs is 2. The number of carbonyl (C=O) groups is 2. The summed E-state index contributed by atoms with van der Waals surface area (Å²) in [5.74, 6) is 0.0581. The predicted molar refractivity (Wildman–Crippen MR) is 99.5 cm³/mol. The summed E-state index contributed by atoms with van der Waals surface area (Å²) in [5.41, 5.74) is 3.21. The van der Waals surface area contributed by atoms with Crippen molar-refractivity contribution in [2.75, 3.05) is 5.32 Å². The molecular formula is C22H21NO2. The average molecular weight is 331 g/mol. The van der Waals surface area contributed by atoms with Gasteiger partial charge in [0.15, 0.2) is 11.6 Å². The maximum atomic E-state index is 13.1. The van der Waals surface area contributed by atoms with Crippen LogP contribution in [0.4, 0.5) is 5.69 Å². The highest BCUT2D eigenvalue weighted by Gasteiger charge is 2.37. The molecule has 3 aliphatic rings. The standard InChI is InChI=1S/C22H21NO2/c1-13-7-3-4-8-15(13)21(24)17-12-20-18(11-14(17)2)22(25)16-9-5-6-10-19(16)23-20/h3-13,15,18,20,23H,1-2H3. The molecule has 4 atom stereocenters. The number of benzene rings is 1. The van der Waals surface area contributed by atoms with Gasteiger partial charge in [-0.1, -0.05) is 55.5 Å². The van der Waals surface area contributed by atoms with Crippen LogP contribution in [-0.4, -0.2) is 17.6 Å². The van der Waals surface area contributed by atoms with Gasteiger partial charge in [-0.05, 0) is 30.5 Å². The highest BCUT2D eigenvalue weighted by atomic mass is 16.1. The molecule has 0 amide bonds. The maximum Gasteiger partial charge on any atom is 0.174 e. The van der Waals surface area contributed by atoms with E-state index in [0.717, 1.165) is 22.4 Å². The quantitative estimate of drug-likeness (QED) is 0.887. The third-order valence-corrected chi connectivity index (χ3v) is 5.38. The third-order valence-electron chi connectivity index (χ3n) is 5.38. The SMILES string of the molecule is CC1=CC2C(=O)c3ccccc3NC2C=C1C(=O)C1C=CC=CC1C. The minimum atomic E-state index is -0.245. The Kier molecular flexibility index (Phi) is 3.79. The second-order valence-corrected chi connectivity index (χ2v) is 7.05. The average Bonchev–Trinajstić information content (AvgIpc) is 2.62. The molecule has 0 spiro atoms. The van der Waals surface area contributed by atoms with Crippen LogP contribution < -0.4 is 5.32 Å². The summed E-state index contributed by atoms with van der Waals surface area (Å²) in [6.45, 7) is 3.99. The second-order valence-electron chi connectivity index (χ2n) is 7.05. The zero-order valence-corrected chi connectivity index (χ0v) is 14.4. The third kappa shape index (κ3) is 2.60. The van der Waals surface area contributed by atoms with Crippen LogP contribution in [0.3, 0.4) is 0 Å². The molecule has 0 fully saturated rings. The molecule has 3 nitrogen and oxygen atoms in total. The lowest BCUT2D eigenvalue weighted by atomic mass is 9.75. The van der Waals surface area contributed by atoms with E-state index in [0.29, 0.717) is 0 Å². The first-order valence-corrected chi connectivity index (χ1v) is 8.76. The number of hydrogen-bond acceptors (Lipinski definition) is 3. The number of carbonyl (C=O) groups excluding carboxylic acids is 2. The van der Waals surface area contributed by atoms with Crippen LogP contribution >= 0.6 is 0 Å². The van der Waals surface area contributed by atoms with Crippen LogP contribution in [0.15, 0.2) is 71.9 Å². The number of para-hydroxylation sites is 1. The van der Waals surface area contributed by atoms with Crippen molar-refractivity contribution >= 4 is 17.3 Å². The van der Waals surface area contributed by atoms with Gasteiger partial charge in [-0.25, -0.2) is 0 Å². The van der Waals surface area contributed by atoms with E-state index in [1.807, 2.05) is 61.6 Å². The summed E-state index contributed by atoms with van der Waals surface area (Å²) in [4.78, 5) is 25.9. The Balaban J connectivity index is 1.68. The summed E-state index contributed by atoms with van der Waals surface area (Å²) in [7, 11) is 0. The molecule has 0 radical (unpaired) electrons. The van der Waals surface area contributed by atoms with E-state index in [9.17, 15) is 9.59 Å². The molecule has 0 saturated heterocycles. The molecule has 0 aromatic heterocycles. The topological polar surface area (TPSA) is 46.2 Å². The first kappa shape index (κ1) is 15.8. The van der Waals surface area contributed by atoms with Gasteiger partial charge in [-0.2, -0.15) is 0 Å². The number of Topliss-reactive ketones (excluding diaryl/α,β-unsaturated/α-hetero) is 2. The lowest BCUT2D eigenvalue weighted by Gasteiger charge is -2.34. The first-order valence-electron chi connectivity index (χ1n) is 8.76. The molecular weight excluding hydrogens is 310 g/mol. The summed E-state index contributed by atoms with van der Waals surface area (Å²) in [6, 6.07) is 7.41. The van der Waals surface area contributed by atoms with E-state index in [1.54, 1.807) is 0 Å². The Labute approximate surface area is 147 Å². The van der Waals surface area contributed by atoms with Gasteiger partial charge in [0.1, 0.15) is 0 Å². The highest BCUT2D eigenvalue weighted by Crippen LogP contribution is 2.36. The van der Waals surface area contributed by atoms with Crippen molar-refractivity contribution in [3.63, 3.8) is 0 Å². The van der Waals surface area contributed by atoms with Gasteiger partial charge < -0.3 is 5.32 Å². The van der Waals surface area contributed by atoms with Crippen LogP contribution in [0.1, 0.15) is 24.2 Å². The summed E-state index contributed by atoms with van der Waals surface area (Å²) >= 11 is 0. The normalized spacial score (nSPS) is 29.9. The maximum absolute atomic E-state index is 13.1. The molecule has 1 heterocycles. The second kappa shape index (κ2) is 5.99. The Morgan fingerprint density at radius 2 is 1.84 bits per heavy atom. The molecule has 0 bridgehead atoms. The summed E-state index contributed by atoms with van der Waals surface area (Å²) < 4.78 is 0. The van der Waals surface area contributed by atoms with Gasteiger partial charge in [-0.15, -0.1) is 0 Å².